The lowest BCUT2D eigenvalue weighted by Crippen LogP contribution is -2.77. The van der Waals surface area contributed by atoms with E-state index in [9.17, 15) is 29.4 Å². The van der Waals surface area contributed by atoms with Gasteiger partial charge in [-0.05, 0) is 26.3 Å². The zero-order chi connectivity index (χ0) is 26.1. The van der Waals surface area contributed by atoms with Crippen molar-refractivity contribution in [3.05, 3.63) is 24.3 Å². The summed E-state index contributed by atoms with van der Waals surface area (Å²) < 4.78 is 23.5. The number of carbonyl (C=O) groups excluding carboxylic acids is 4. The summed E-state index contributed by atoms with van der Waals surface area (Å²) in [5.41, 5.74) is -4.52. The molecule has 4 rings (SSSR count). The molecule has 0 aromatic carbocycles. The molecule has 0 radical (unpaired) electrons. The second-order valence-corrected chi connectivity index (χ2v) is 10.6. The first-order valence-corrected chi connectivity index (χ1v) is 11.8. The van der Waals surface area contributed by atoms with Crippen molar-refractivity contribution in [1.29, 1.82) is 0 Å². The topological polar surface area (TPSA) is 146 Å². The smallest absolute Gasteiger partial charge is 0.332 e. The normalized spacial score (nSPS) is 46.6. The number of ketones is 1. The van der Waals surface area contributed by atoms with Crippen LogP contribution in [0.25, 0.3) is 0 Å². The Morgan fingerprint density at radius 3 is 2.54 bits per heavy atom. The fourth-order valence-corrected chi connectivity index (χ4v) is 6.73. The highest BCUT2D eigenvalue weighted by Gasteiger charge is 2.77. The Balaban J connectivity index is 2.06. The molecule has 3 heterocycles. The van der Waals surface area contributed by atoms with Crippen LogP contribution in [0.3, 0.4) is 0 Å². The van der Waals surface area contributed by atoms with Crippen LogP contribution >= 0.6 is 11.6 Å². The first-order valence-electron chi connectivity index (χ1n) is 11.4. The summed E-state index contributed by atoms with van der Waals surface area (Å²) in [4.78, 5) is 50.9. The van der Waals surface area contributed by atoms with E-state index in [1.54, 1.807) is 6.92 Å². The van der Waals surface area contributed by atoms with E-state index in [0.29, 0.717) is 5.57 Å². The molecule has 2 N–H and O–H groups in total. The van der Waals surface area contributed by atoms with Gasteiger partial charge in [-0.2, -0.15) is 0 Å². The monoisotopic (exact) mass is 512 g/mol. The molecule has 4 aliphatic rings. The van der Waals surface area contributed by atoms with Gasteiger partial charge in [0.1, 0.15) is 12.7 Å². The quantitative estimate of drug-likeness (QED) is 0.238. The molecule has 10 nitrogen and oxygen atoms in total. The van der Waals surface area contributed by atoms with Crippen molar-refractivity contribution in [3.8, 4) is 0 Å². The van der Waals surface area contributed by atoms with Crippen LogP contribution in [0, 0.1) is 17.3 Å². The Kier molecular flexibility index (Phi) is 6.19. The molecule has 0 aromatic heterocycles. The van der Waals surface area contributed by atoms with Gasteiger partial charge in [-0.1, -0.05) is 25.2 Å². The van der Waals surface area contributed by atoms with Crippen LogP contribution in [0.15, 0.2) is 24.3 Å². The molecule has 11 heteroatoms. The summed E-state index contributed by atoms with van der Waals surface area (Å²) in [5, 5.41) is 19.8. The minimum absolute atomic E-state index is 0.00676. The summed E-state index contributed by atoms with van der Waals surface area (Å²) in [6, 6.07) is 0. The Bertz CT molecular complexity index is 1020. The third kappa shape index (κ3) is 3.48. The van der Waals surface area contributed by atoms with E-state index in [4.69, 9.17) is 30.5 Å². The van der Waals surface area contributed by atoms with E-state index in [-0.39, 0.29) is 6.42 Å². The first kappa shape index (κ1) is 25.8. The molecule has 35 heavy (non-hydrogen) atoms. The number of fused-ring (bicyclic) bond motifs is 3. The first-order chi connectivity index (χ1) is 16.2. The average molecular weight is 513 g/mol. The third-order valence-electron chi connectivity index (χ3n) is 7.98. The van der Waals surface area contributed by atoms with Crippen LogP contribution in [0.4, 0.5) is 0 Å². The largest absolute Gasteiger partial charge is 0.457 e. The van der Waals surface area contributed by atoms with Crippen LogP contribution in [-0.4, -0.2) is 81.5 Å². The van der Waals surface area contributed by atoms with E-state index in [1.807, 2.05) is 0 Å². The molecule has 10 atom stereocenters. The van der Waals surface area contributed by atoms with Crippen molar-refractivity contribution in [2.45, 2.75) is 75.1 Å². The van der Waals surface area contributed by atoms with Gasteiger partial charge in [0.2, 0.25) is 0 Å². The molecule has 3 saturated heterocycles. The van der Waals surface area contributed by atoms with Crippen LogP contribution in [0.1, 0.15) is 34.1 Å². The molecule has 3 fully saturated rings. The number of hydrogen-bond acceptors (Lipinski definition) is 10. The second kappa shape index (κ2) is 8.40. The standard InChI is InChI=1S/C24H29ClO10/c1-10-8-13(28)18-22(4)7-6-14(29)23(5,34-12(3)27)17(22)20(32-15(30)9-26)24(35-18)11(2)21(31)33-19(24)16(10)25/h6-7,11,13,16-20,26,28H,1,8-9H2,2-5H3/t11-,13+,16-,17+,18-,19-,20-,22-,23+,24+/m0/s1. The highest BCUT2D eigenvalue weighted by atomic mass is 35.5. The fourth-order valence-electron chi connectivity index (χ4n) is 6.39. The molecule has 1 spiro atoms. The van der Waals surface area contributed by atoms with Gasteiger partial charge in [0.25, 0.3) is 0 Å². The molecule has 192 valence electrons. The van der Waals surface area contributed by atoms with E-state index < -0.39 is 88.5 Å². The van der Waals surface area contributed by atoms with Gasteiger partial charge in [0.15, 0.2) is 23.1 Å². The molecule has 3 aliphatic heterocycles. The Hall–Kier alpha value is -2.27. The lowest BCUT2D eigenvalue weighted by Gasteiger charge is -2.63. The molecule has 0 unspecified atom stereocenters. The number of ether oxygens (including phenoxy) is 4. The van der Waals surface area contributed by atoms with Crippen molar-refractivity contribution in [1.82, 2.24) is 0 Å². The van der Waals surface area contributed by atoms with Crippen LogP contribution < -0.4 is 0 Å². The maximum atomic E-state index is 13.3. The van der Waals surface area contributed by atoms with Crippen molar-refractivity contribution in [3.63, 3.8) is 0 Å². The van der Waals surface area contributed by atoms with Crippen LogP contribution in [-0.2, 0) is 38.1 Å². The number of aliphatic hydroxyl groups is 2. The Labute approximate surface area is 207 Å². The number of aliphatic hydroxyl groups excluding tert-OH is 2. The molecule has 0 amide bonds. The minimum atomic E-state index is -1.88. The SMILES string of the molecule is C=C1C[C@@H](O)[C@@H]2O[C@@]3([C@@H](C)C(=O)O[C@H]3[C@H]1Cl)[C@@H](OC(=O)CO)[C@@H]1[C@]2(C)C=CC(=O)[C@@]1(C)OC(C)=O. The predicted octanol–water partition coefficient (Wildman–Crippen LogP) is 0.601. The van der Waals surface area contributed by atoms with Gasteiger partial charge in [0.05, 0.1) is 29.4 Å². The summed E-state index contributed by atoms with van der Waals surface area (Å²) in [6.07, 6.45) is -2.13. The van der Waals surface area contributed by atoms with Crippen molar-refractivity contribution in [2.24, 2.45) is 17.3 Å². The highest BCUT2D eigenvalue weighted by Crippen LogP contribution is 2.61. The molecule has 0 saturated carbocycles. The van der Waals surface area contributed by atoms with Crippen LogP contribution in [0.2, 0.25) is 0 Å². The molecule has 2 bridgehead atoms. The van der Waals surface area contributed by atoms with E-state index in [2.05, 4.69) is 6.58 Å². The number of alkyl halides is 1. The molecular formula is C24H29ClO10. The summed E-state index contributed by atoms with van der Waals surface area (Å²) in [7, 11) is 0. The van der Waals surface area contributed by atoms with Crippen molar-refractivity contribution >= 4 is 35.3 Å². The van der Waals surface area contributed by atoms with E-state index in [1.165, 1.54) is 26.0 Å². The minimum Gasteiger partial charge on any atom is -0.457 e. The van der Waals surface area contributed by atoms with Crippen molar-refractivity contribution in [2.75, 3.05) is 6.61 Å². The lowest BCUT2D eigenvalue weighted by molar-refractivity contribution is -0.319. The number of hydrogen-bond donors (Lipinski definition) is 2. The van der Waals surface area contributed by atoms with Gasteiger partial charge < -0.3 is 29.2 Å². The zero-order valence-electron chi connectivity index (χ0n) is 19.9. The molecule has 1 aliphatic carbocycles. The Morgan fingerprint density at radius 1 is 1.29 bits per heavy atom. The summed E-state index contributed by atoms with van der Waals surface area (Å²) in [6.45, 7) is 8.69. The van der Waals surface area contributed by atoms with Gasteiger partial charge >= 0.3 is 17.9 Å². The number of halogens is 1. The van der Waals surface area contributed by atoms with Gasteiger partial charge in [-0.25, -0.2) is 4.79 Å². The average Bonchev–Trinajstić information content (AvgIpc) is 3.02. The Morgan fingerprint density at radius 2 is 1.94 bits per heavy atom. The maximum absolute atomic E-state index is 13.3. The number of carbonyl (C=O) groups is 4. The highest BCUT2D eigenvalue weighted by molar-refractivity contribution is 6.23. The number of esters is 3. The maximum Gasteiger partial charge on any atom is 0.332 e. The summed E-state index contributed by atoms with van der Waals surface area (Å²) in [5.74, 6) is -5.30. The summed E-state index contributed by atoms with van der Waals surface area (Å²) >= 11 is 6.69. The van der Waals surface area contributed by atoms with Gasteiger partial charge in [-0.15, -0.1) is 11.6 Å². The second-order valence-electron chi connectivity index (χ2n) is 10.1. The van der Waals surface area contributed by atoms with Crippen molar-refractivity contribution < 1.29 is 48.3 Å². The zero-order valence-corrected chi connectivity index (χ0v) is 20.6. The van der Waals surface area contributed by atoms with E-state index >= 15 is 0 Å². The van der Waals surface area contributed by atoms with Gasteiger partial charge in [0, 0.05) is 12.3 Å². The fraction of sp³-hybridized carbons (Fsp3) is 0.667. The lowest BCUT2D eigenvalue weighted by atomic mass is 9.52. The predicted molar refractivity (Wildman–Crippen MR) is 119 cm³/mol. The molecule has 0 aromatic rings. The van der Waals surface area contributed by atoms with Gasteiger partial charge in [-0.3, -0.25) is 14.4 Å². The molecular weight excluding hydrogens is 484 g/mol. The van der Waals surface area contributed by atoms with Crippen LogP contribution in [0.5, 0.6) is 0 Å². The van der Waals surface area contributed by atoms with E-state index in [0.717, 1.165) is 6.92 Å². The number of rotatable bonds is 3. The third-order valence-corrected chi connectivity index (χ3v) is 8.51.